The lowest BCUT2D eigenvalue weighted by atomic mass is 10.3. The Kier molecular flexibility index (Phi) is 6.47. The maximum absolute atomic E-state index is 11.9. The first-order chi connectivity index (χ1) is 10.7. The highest BCUT2D eigenvalue weighted by atomic mass is 32.2. The summed E-state index contributed by atoms with van der Waals surface area (Å²) in [4.78, 5) is 11.9. The lowest BCUT2D eigenvalue weighted by Crippen LogP contribution is -2.20. The number of carbonyl (C=O) groups is 1. The van der Waals surface area contributed by atoms with Crippen LogP contribution in [0.5, 0.6) is 11.5 Å². The Morgan fingerprint density at radius 2 is 1.95 bits per heavy atom. The Morgan fingerprint density at radius 1 is 1.23 bits per heavy atom. The molecule has 8 heteroatoms. The van der Waals surface area contributed by atoms with Crippen LogP contribution in [0.25, 0.3) is 0 Å². The molecule has 0 aliphatic rings. The molecular weight excluding hydrogens is 322 g/mol. The van der Waals surface area contributed by atoms with Crippen LogP contribution in [0.1, 0.15) is 13.8 Å². The average molecular weight is 339 g/mol. The number of aromatic nitrogens is 2. The van der Waals surface area contributed by atoms with Gasteiger partial charge in [-0.2, -0.15) is 0 Å². The van der Waals surface area contributed by atoms with Gasteiger partial charge in [-0.15, -0.1) is 10.2 Å². The van der Waals surface area contributed by atoms with Gasteiger partial charge in [-0.1, -0.05) is 42.2 Å². The molecule has 1 amide bonds. The largest absolute Gasteiger partial charge is 0.490 e. The van der Waals surface area contributed by atoms with Gasteiger partial charge in [0.25, 0.3) is 5.91 Å². The number of hydrogen-bond donors (Lipinski definition) is 1. The fraction of sp³-hybridized carbons (Fsp3) is 0.357. The molecule has 0 bridgehead atoms. The predicted octanol–water partition coefficient (Wildman–Crippen LogP) is 3.07. The van der Waals surface area contributed by atoms with E-state index in [2.05, 4.69) is 15.5 Å². The summed E-state index contributed by atoms with van der Waals surface area (Å²) in [6.07, 6.45) is 0. The van der Waals surface area contributed by atoms with E-state index in [9.17, 15) is 4.79 Å². The van der Waals surface area contributed by atoms with Crippen molar-refractivity contribution in [1.29, 1.82) is 0 Å². The first-order valence-electron chi connectivity index (χ1n) is 6.83. The Bertz CT molecular complexity index is 619. The summed E-state index contributed by atoms with van der Waals surface area (Å²) in [5.41, 5.74) is 0. The minimum atomic E-state index is -0.282. The van der Waals surface area contributed by atoms with Crippen LogP contribution in [0.4, 0.5) is 5.13 Å². The SMILES string of the molecule is CCOc1ccccc1OCC(=O)Nc1nnc(SCC)s1. The highest BCUT2D eigenvalue weighted by Crippen LogP contribution is 2.27. The van der Waals surface area contributed by atoms with E-state index in [4.69, 9.17) is 9.47 Å². The number of benzene rings is 1. The molecule has 2 rings (SSSR count). The number of rotatable bonds is 8. The summed E-state index contributed by atoms with van der Waals surface area (Å²) in [6.45, 7) is 4.36. The van der Waals surface area contributed by atoms with Gasteiger partial charge in [0.2, 0.25) is 5.13 Å². The number of hydrogen-bond acceptors (Lipinski definition) is 7. The molecule has 0 fully saturated rings. The zero-order chi connectivity index (χ0) is 15.8. The average Bonchev–Trinajstić information content (AvgIpc) is 2.94. The molecule has 1 aromatic heterocycles. The molecular formula is C14H17N3O3S2. The number of nitrogens with one attached hydrogen (secondary N) is 1. The van der Waals surface area contributed by atoms with Gasteiger partial charge in [-0.3, -0.25) is 10.1 Å². The number of amides is 1. The molecule has 0 unspecified atom stereocenters. The Hall–Kier alpha value is -1.80. The highest BCUT2D eigenvalue weighted by Gasteiger charge is 2.10. The summed E-state index contributed by atoms with van der Waals surface area (Å²) in [6, 6.07) is 7.25. The van der Waals surface area contributed by atoms with Crippen LogP contribution in [0, 0.1) is 0 Å². The van der Waals surface area contributed by atoms with Crippen molar-refractivity contribution in [3.05, 3.63) is 24.3 Å². The number of ether oxygens (including phenoxy) is 2. The summed E-state index contributed by atoms with van der Waals surface area (Å²) >= 11 is 2.93. The molecule has 118 valence electrons. The maximum atomic E-state index is 11.9. The fourth-order valence-electron chi connectivity index (χ4n) is 1.58. The molecule has 0 saturated heterocycles. The van der Waals surface area contributed by atoms with Crippen molar-refractivity contribution in [1.82, 2.24) is 10.2 Å². The molecule has 6 nitrogen and oxygen atoms in total. The van der Waals surface area contributed by atoms with Gasteiger partial charge in [0.05, 0.1) is 6.61 Å². The standard InChI is InChI=1S/C14H17N3O3S2/c1-3-19-10-7-5-6-8-11(10)20-9-12(18)15-13-16-17-14(22-13)21-4-2/h5-8H,3-4,9H2,1-2H3,(H,15,16,18). The maximum Gasteiger partial charge on any atom is 0.264 e. The summed E-state index contributed by atoms with van der Waals surface area (Å²) in [5.74, 6) is 1.80. The molecule has 0 saturated carbocycles. The molecule has 0 atom stereocenters. The Labute approximate surface area is 137 Å². The van der Waals surface area contributed by atoms with Crippen LogP contribution >= 0.6 is 23.1 Å². The van der Waals surface area contributed by atoms with E-state index in [-0.39, 0.29) is 12.5 Å². The number of thioether (sulfide) groups is 1. The molecule has 1 heterocycles. The molecule has 0 aliphatic heterocycles. The highest BCUT2D eigenvalue weighted by molar-refractivity contribution is 8.01. The lowest BCUT2D eigenvalue weighted by molar-refractivity contribution is -0.118. The molecule has 1 N–H and O–H groups in total. The third-order valence-electron chi connectivity index (χ3n) is 2.43. The van der Waals surface area contributed by atoms with Crippen LogP contribution in [0.2, 0.25) is 0 Å². The van der Waals surface area contributed by atoms with Gasteiger partial charge in [-0.05, 0) is 24.8 Å². The first kappa shape index (κ1) is 16.6. The molecule has 1 aromatic carbocycles. The molecule has 0 spiro atoms. The minimum Gasteiger partial charge on any atom is -0.490 e. The van der Waals surface area contributed by atoms with E-state index in [0.717, 1.165) is 10.1 Å². The van der Waals surface area contributed by atoms with Crippen LogP contribution in [-0.4, -0.2) is 35.1 Å². The van der Waals surface area contributed by atoms with E-state index in [0.29, 0.717) is 23.2 Å². The third kappa shape index (κ3) is 4.88. The minimum absolute atomic E-state index is 0.111. The quantitative estimate of drug-likeness (QED) is 0.588. The van der Waals surface area contributed by atoms with Crippen molar-refractivity contribution >= 4 is 34.1 Å². The second kappa shape index (κ2) is 8.60. The molecule has 0 radical (unpaired) electrons. The normalized spacial score (nSPS) is 10.3. The van der Waals surface area contributed by atoms with E-state index in [1.165, 1.54) is 11.3 Å². The number of carbonyl (C=O) groups excluding carboxylic acids is 1. The van der Waals surface area contributed by atoms with Crippen molar-refractivity contribution < 1.29 is 14.3 Å². The van der Waals surface area contributed by atoms with Gasteiger partial charge in [0.15, 0.2) is 22.4 Å². The van der Waals surface area contributed by atoms with Gasteiger partial charge in [0, 0.05) is 0 Å². The van der Waals surface area contributed by atoms with Gasteiger partial charge in [-0.25, -0.2) is 0 Å². The smallest absolute Gasteiger partial charge is 0.264 e. The number of anilines is 1. The molecule has 0 aliphatic carbocycles. The second-order valence-electron chi connectivity index (χ2n) is 4.02. The summed E-state index contributed by atoms with van der Waals surface area (Å²) in [5, 5.41) is 11.0. The Morgan fingerprint density at radius 3 is 2.64 bits per heavy atom. The zero-order valence-electron chi connectivity index (χ0n) is 12.4. The number of nitrogens with zero attached hydrogens (tertiary/aromatic N) is 2. The van der Waals surface area contributed by atoms with E-state index < -0.39 is 0 Å². The Balaban J connectivity index is 1.87. The predicted molar refractivity (Wildman–Crippen MR) is 88.0 cm³/mol. The molecule has 22 heavy (non-hydrogen) atoms. The van der Waals surface area contributed by atoms with Crippen molar-refractivity contribution in [2.45, 2.75) is 18.2 Å². The van der Waals surface area contributed by atoms with E-state index >= 15 is 0 Å². The van der Waals surface area contributed by atoms with Crippen molar-refractivity contribution in [2.24, 2.45) is 0 Å². The molecule has 2 aromatic rings. The summed E-state index contributed by atoms with van der Waals surface area (Å²) < 4.78 is 11.8. The van der Waals surface area contributed by atoms with Gasteiger partial charge >= 0.3 is 0 Å². The van der Waals surface area contributed by atoms with Gasteiger partial charge in [0.1, 0.15) is 0 Å². The van der Waals surface area contributed by atoms with Crippen molar-refractivity contribution in [3.8, 4) is 11.5 Å². The van der Waals surface area contributed by atoms with E-state index in [1.807, 2.05) is 26.0 Å². The fourth-order valence-corrected chi connectivity index (χ4v) is 3.25. The van der Waals surface area contributed by atoms with Crippen molar-refractivity contribution in [3.63, 3.8) is 0 Å². The monoisotopic (exact) mass is 339 g/mol. The van der Waals surface area contributed by atoms with Crippen molar-refractivity contribution in [2.75, 3.05) is 24.3 Å². The van der Waals surface area contributed by atoms with Crippen LogP contribution in [-0.2, 0) is 4.79 Å². The zero-order valence-corrected chi connectivity index (χ0v) is 14.0. The number of para-hydroxylation sites is 2. The van der Waals surface area contributed by atoms with Gasteiger partial charge < -0.3 is 9.47 Å². The third-order valence-corrected chi connectivity index (χ3v) is 4.28. The van der Waals surface area contributed by atoms with Crippen LogP contribution < -0.4 is 14.8 Å². The summed E-state index contributed by atoms with van der Waals surface area (Å²) in [7, 11) is 0. The second-order valence-corrected chi connectivity index (χ2v) is 6.51. The van der Waals surface area contributed by atoms with E-state index in [1.54, 1.807) is 23.9 Å². The van der Waals surface area contributed by atoms with Crippen LogP contribution in [0.3, 0.4) is 0 Å². The first-order valence-corrected chi connectivity index (χ1v) is 8.64. The topological polar surface area (TPSA) is 73.3 Å². The lowest BCUT2D eigenvalue weighted by Gasteiger charge is -2.10. The van der Waals surface area contributed by atoms with Crippen LogP contribution in [0.15, 0.2) is 28.6 Å².